The van der Waals surface area contributed by atoms with Crippen molar-refractivity contribution in [3.8, 4) is 0 Å². The van der Waals surface area contributed by atoms with Gasteiger partial charge in [-0.1, -0.05) is 0 Å². The van der Waals surface area contributed by atoms with Gasteiger partial charge in [0.25, 0.3) is 5.91 Å². The van der Waals surface area contributed by atoms with Gasteiger partial charge in [0.15, 0.2) is 9.84 Å². The van der Waals surface area contributed by atoms with Crippen molar-refractivity contribution in [3.63, 3.8) is 0 Å². The molecule has 2 rings (SSSR count). The average Bonchev–Trinajstić information content (AvgIpc) is 2.74. The molecule has 0 saturated carbocycles. The Hall–Kier alpha value is -0.590. The molecule has 0 radical (unpaired) electrons. The third-order valence-electron chi connectivity index (χ3n) is 2.38. The van der Waals surface area contributed by atoms with E-state index in [1.807, 2.05) is 0 Å². The highest BCUT2D eigenvalue weighted by Crippen LogP contribution is 2.18. The predicted molar refractivity (Wildman–Crippen MR) is 63.9 cm³/mol. The standard InChI is InChI=1S/C9H10ClNO3S2/c10-7-4-16(13,14)5-8(7)11-9(12)6-1-2-15-3-6/h1-3,7-8H,4-5H2,(H,11,12). The fraction of sp³-hybridized carbons (Fsp3) is 0.444. The summed E-state index contributed by atoms with van der Waals surface area (Å²) in [7, 11) is -3.10. The van der Waals surface area contributed by atoms with Crippen LogP contribution >= 0.6 is 22.9 Å². The van der Waals surface area contributed by atoms with E-state index in [0.717, 1.165) is 0 Å². The molecule has 1 saturated heterocycles. The van der Waals surface area contributed by atoms with E-state index in [9.17, 15) is 13.2 Å². The molecule has 16 heavy (non-hydrogen) atoms. The van der Waals surface area contributed by atoms with E-state index in [2.05, 4.69) is 5.32 Å². The molecule has 0 spiro atoms. The molecule has 1 aliphatic rings. The van der Waals surface area contributed by atoms with Crippen LogP contribution < -0.4 is 5.32 Å². The molecule has 1 aromatic heterocycles. The van der Waals surface area contributed by atoms with E-state index < -0.39 is 21.3 Å². The Morgan fingerprint density at radius 2 is 2.25 bits per heavy atom. The quantitative estimate of drug-likeness (QED) is 0.818. The van der Waals surface area contributed by atoms with Crippen molar-refractivity contribution in [2.24, 2.45) is 0 Å². The van der Waals surface area contributed by atoms with Crippen LogP contribution in [0.5, 0.6) is 0 Å². The van der Waals surface area contributed by atoms with Crippen LogP contribution in [-0.4, -0.2) is 37.2 Å². The van der Waals surface area contributed by atoms with E-state index in [1.165, 1.54) is 11.3 Å². The maximum Gasteiger partial charge on any atom is 0.252 e. The van der Waals surface area contributed by atoms with Crippen molar-refractivity contribution in [1.82, 2.24) is 5.32 Å². The zero-order chi connectivity index (χ0) is 11.8. The minimum Gasteiger partial charge on any atom is -0.347 e. The topological polar surface area (TPSA) is 63.2 Å². The summed E-state index contributed by atoms with van der Waals surface area (Å²) in [6.07, 6.45) is 0. The van der Waals surface area contributed by atoms with Gasteiger partial charge < -0.3 is 5.32 Å². The lowest BCUT2D eigenvalue weighted by Crippen LogP contribution is -2.40. The fourth-order valence-electron chi connectivity index (χ4n) is 1.58. The SMILES string of the molecule is O=C(NC1CS(=O)(=O)CC1Cl)c1ccsc1. The second kappa shape index (κ2) is 4.35. The summed E-state index contributed by atoms with van der Waals surface area (Å²) in [5.74, 6) is -0.408. The summed E-state index contributed by atoms with van der Waals surface area (Å²) in [6, 6.07) is 1.20. The van der Waals surface area contributed by atoms with Gasteiger partial charge in [0.1, 0.15) is 0 Å². The zero-order valence-corrected chi connectivity index (χ0v) is 10.6. The highest BCUT2D eigenvalue weighted by molar-refractivity contribution is 7.91. The number of amides is 1. The highest BCUT2D eigenvalue weighted by atomic mass is 35.5. The molecule has 7 heteroatoms. The number of hydrogen-bond acceptors (Lipinski definition) is 4. The van der Waals surface area contributed by atoms with Gasteiger partial charge in [-0.05, 0) is 11.4 Å². The number of sulfone groups is 1. The van der Waals surface area contributed by atoms with Crippen molar-refractivity contribution >= 4 is 38.7 Å². The smallest absolute Gasteiger partial charge is 0.252 e. The third-order valence-corrected chi connectivity index (χ3v) is 5.44. The lowest BCUT2D eigenvalue weighted by atomic mass is 10.2. The summed E-state index contributed by atoms with van der Waals surface area (Å²) in [5.41, 5.74) is 0.540. The monoisotopic (exact) mass is 279 g/mol. The second-order valence-electron chi connectivity index (χ2n) is 3.68. The molecule has 1 aliphatic heterocycles. The lowest BCUT2D eigenvalue weighted by Gasteiger charge is -2.13. The Kier molecular flexibility index (Phi) is 3.23. The van der Waals surface area contributed by atoms with Crippen molar-refractivity contribution in [2.75, 3.05) is 11.5 Å². The fourth-order valence-corrected chi connectivity index (χ4v) is 4.77. The first-order valence-electron chi connectivity index (χ1n) is 4.65. The summed E-state index contributed by atoms with van der Waals surface area (Å²) in [5, 5.41) is 5.61. The lowest BCUT2D eigenvalue weighted by molar-refractivity contribution is 0.0942. The summed E-state index contributed by atoms with van der Waals surface area (Å²) < 4.78 is 22.6. The highest BCUT2D eigenvalue weighted by Gasteiger charge is 2.37. The molecule has 0 aliphatic carbocycles. The number of nitrogens with one attached hydrogen (secondary N) is 1. The number of halogens is 1. The number of carbonyl (C=O) groups is 1. The molecule has 1 N–H and O–H groups in total. The van der Waals surface area contributed by atoms with Gasteiger partial charge in [0.05, 0.1) is 22.9 Å². The van der Waals surface area contributed by atoms with Crippen LogP contribution in [0.4, 0.5) is 0 Å². The molecule has 0 aromatic carbocycles. The Balaban J connectivity index is 2.04. The van der Waals surface area contributed by atoms with Crippen LogP contribution in [0, 0.1) is 0 Å². The molecule has 88 valence electrons. The minimum absolute atomic E-state index is 0.0663. The molecule has 0 bridgehead atoms. The molecular weight excluding hydrogens is 270 g/mol. The maximum absolute atomic E-state index is 11.7. The number of hydrogen-bond donors (Lipinski definition) is 1. The predicted octanol–water partition coefficient (Wildman–Crippen LogP) is 0.882. The molecule has 1 amide bonds. The summed E-state index contributed by atoms with van der Waals surface area (Å²) in [4.78, 5) is 11.7. The number of alkyl halides is 1. The number of carbonyl (C=O) groups excluding carboxylic acids is 1. The van der Waals surface area contributed by atoms with E-state index >= 15 is 0 Å². The molecule has 2 unspecified atom stereocenters. The van der Waals surface area contributed by atoms with Crippen LogP contribution in [0.2, 0.25) is 0 Å². The van der Waals surface area contributed by atoms with E-state index in [4.69, 9.17) is 11.6 Å². The Morgan fingerprint density at radius 3 is 2.75 bits per heavy atom. The Labute approximate surface area is 103 Å². The normalized spacial score (nSPS) is 27.8. The molecule has 1 aromatic rings. The van der Waals surface area contributed by atoms with Gasteiger partial charge in [0.2, 0.25) is 0 Å². The van der Waals surface area contributed by atoms with E-state index in [-0.39, 0.29) is 17.4 Å². The minimum atomic E-state index is -3.10. The van der Waals surface area contributed by atoms with Gasteiger partial charge in [-0.15, -0.1) is 11.6 Å². The molecule has 1 fully saturated rings. The van der Waals surface area contributed by atoms with Gasteiger partial charge in [-0.25, -0.2) is 8.42 Å². The largest absolute Gasteiger partial charge is 0.347 e. The first-order chi connectivity index (χ1) is 7.48. The van der Waals surface area contributed by atoms with Gasteiger partial charge in [-0.2, -0.15) is 11.3 Å². The average molecular weight is 280 g/mol. The van der Waals surface area contributed by atoms with Gasteiger partial charge in [-0.3, -0.25) is 4.79 Å². The first kappa shape index (κ1) is 11.9. The summed E-state index contributed by atoms with van der Waals surface area (Å²) >= 11 is 7.29. The molecular formula is C9H10ClNO3S2. The van der Waals surface area contributed by atoms with Crippen LogP contribution in [0.15, 0.2) is 16.8 Å². The van der Waals surface area contributed by atoms with Gasteiger partial charge in [0, 0.05) is 10.9 Å². The first-order valence-corrected chi connectivity index (χ1v) is 7.85. The van der Waals surface area contributed by atoms with Crippen molar-refractivity contribution in [1.29, 1.82) is 0 Å². The van der Waals surface area contributed by atoms with E-state index in [1.54, 1.807) is 16.8 Å². The van der Waals surface area contributed by atoms with Crippen LogP contribution in [0.3, 0.4) is 0 Å². The van der Waals surface area contributed by atoms with Crippen molar-refractivity contribution in [2.45, 2.75) is 11.4 Å². The Morgan fingerprint density at radius 1 is 1.50 bits per heavy atom. The zero-order valence-electron chi connectivity index (χ0n) is 8.22. The van der Waals surface area contributed by atoms with Crippen molar-refractivity contribution < 1.29 is 13.2 Å². The van der Waals surface area contributed by atoms with Crippen LogP contribution in [0.25, 0.3) is 0 Å². The van der Waals surface area contributed by atoms with Crippen LogP contribution in [-0.2, 0) is 9.84 Å². The number of thiophene rings is 1. The van der Waals surface area contributed by atoms with Crippen LogP contribution in [0.1, 0.15) is 10.4 Å². The molecule has 2 atom stereocenters. The van der Waals surface area contributed by atoms with Gasteiger partial charge >= 0.3 is 0 Å². The van der Waals surface area contributed by atoms with E-state index in [0.29, 0.717) is 5.56 Å². The molecule has 2 heterocycles. The van der Waals surface area contributed by atoms with Crippen molar-refractivity contribution in [3.05, 3.63) is 22.4 Å². The third kappa shape index (κ3) is 2.56. The summed E-state index contributed by atoms with van der Waals surface area (Å²) in [6.45, 7) is 0. The number of rotatable bonds is 2. The Bertz CT molecular complexity index is 483. The molecule has 4 nitrogen and oxygen atoms in total. The second-order valence-corrected chi connectivity index (χ2v) is 7.18. The maximum atomic E-state index is 11.7.